The van der Waals surface area contributed by atoms with Gasteiger partial charge in [-0.1, -0.05) is 29.3 Å². The van der Waals surface area contributed by atoms with Gasteiger partial charge in [0.25, 0.3) is 0 Å². The van der Waals surface area contributed by atoms with Gasteiger partial charge >= 0.3 is 0 Å². The highest BCUT2D eigenvalue weighted by Gasteiger charge is 2.25. The third-order valence-electron chi connectivity index (χ3n) is 4.02. The number of alkyl halides is 1. The van der Waals surface area contributed by atoms with Gasteiger partial charge in [0.1, 0.15) is 0 Å². The van der Waals surface area contributed by atoms with Crippen LogP contribution in [0.25, 0.3) is 0 Å². The summed E-state index contributed by atoms with van der Waals surface area (Å²) in [6.07, 6.45) is 7.28. The fourth-order valence-corrected chi connectivity index (χ4v) is 3.16. The Hall–Kier alpha value is 0.440. The van der Waals surface area contributed by atoms with Crippen LogP contribution in [0.15, 0.2) is 0 Å². The van der Waals surface area contributed by atoms with Crippen LogP contribution in [0.2, 0.25) is 0 Å². The van der Waals surface area contributed by atoms with Crippen molar-refractivity contribution >= 4 is 15.9 Å². The normalized spacial score (nSPS) is 28.7. The van der Waals surface area contributed by atoms with Gasteiger partial charge < -0.3 is 4.90 Å². The Kier molecular flexibility index (Phi) is 3.89. The zero-order valence-electron chi connectivity index (χ0n) is 9.21. The Balaban J connectivity index is 1.67. The molecular weight excluding hydrogens is 238 g/mol. The molecule has 14 heavy (non-hydrogen) atoms. The maximum absolute atomic E-state index is 3.71. The van der Waals surface area contributed by atoms with Gasteiger partial charge in [-0.15, -0.1) is 0 Å². The van der Waals surface area contributed by atoms with Crippen LogP contribution in [0, 0.1) is 11.8 Å². The highest BCUT2D eigenvalue weighted by molar-refractivity contribution is 9.09. The average Bonchev–Trinajstić information content (AvgIpc) is 2.12. The molecule has 0 amide bonds. The zero-order valence-corrected chi connectivity index (χ0v) is 10.8. The van der Waals surface area contributed by atoms with Gasteiger partial charge in [0.15, 0.2) is 0 Å². The Morgan fingerprint density at radius 2 is 1.86 bits per heavy atom. The van der Waals surface area contributed by atoms with E-state index in [1.54, 1.807) is 0 Å². The van der Waals surface area contributed by atoms with Crippen molar-refractivity contribution in [1.82, 2.24) is 4.90 Å². The van der Waals surface area contributed by atoms with E-state index >= 15 is 0 Å². The van der Waals surface area contributed by atoms with E-state index in [1.807, 2.05) is 0 Å². The van der Waals surface area contributed by atoms with Crippen molar-refractivity contribution in [3.63, 3.8) is 0 Å². The monoisotopic (exact) mass is 259 g/mol. The molecule has 2 rings (SSSR count). The standard InChI is InChI=1S/C12H22BrN/c1-10(13)12-5-7-14(8-6-12)9-11-3-2-4-11/h10-12H,2-9H2,1H3. The number of halogens is 1. The van der Waals surface area contributed by atoms with Gasteiger partial charge in [0.2, 0.25) is 0 Å². The Morgan fingerprint density at radius 1 is 1.21 bits per heavy atom. The molecule has 2 heteroatoms. The minimum Gasteiger partial charge on any atom is -0.303 e. The molecule has 0 N–H and O–H groups in total. The van der Waals surface area contributed by atoms with Gasteiger partial charge in [-0.25, -0.2) is 0 Å². The van der Waals surface area contributed by atoms with Crippen molar-refractivity contribution in [2.24, 2.45) is 11.8 Å². The van der Waals surface area contributed by atoms with Gasteiger partial charge in [0.05, 0.1) is 0 Å². The Labute approximate surface area is 96.4 Å². The molecule has 1 nitrogen and oxygen atoms in total. The van der Waals surface area contributed by atoms with Crippen molar-refractivity contribution in [3.8, 4) is 0 Å². The Morgan fingerprint density at radius 3 is 2.29 bits per heavy atom. The van der Waals surface area contributed by atoms with Crippen molar-refractivity contribution in [2.75, 3.05) is 19.6 Å². The highest BCUT2D eigenvalue weighted by Crippen LogP contribution is 2.30. The summed E-state index contributed by atoms with van der Waals surface area (Å²) in [5.41, 5.74) is 0. The molecule has 2 fully saturated rings. The minimum atomic E-state index is 0.716. The maximum atomic E-state index is 3.71. The van der Waals surface area contributed by atoms with Crippen LogP contribution in [0.3, 0.4) is 0 Å². The SMILES string of the molecule is CC(Br)C1CCN(CC2CCC2)CC1. The summed E-state index contributed by atoms with van der Waals surface area (Å²) >= 11 is 3.71. The van der Waals surface area contributed by atoms with Crippen LogP contribution < -0.4 is 0 Å². The third kappa shape index (κ3) is 2.73. The van der Waals surface area contributed by atoms with Crippen LogP contribution in [0.4, 0.5) is 0 Å². The quantitative estimate of drug-likeness (QED) is 0.704. The molecule has 0 aromatic rings. The summed E-state index contributed by atoms with van der Waals surface area (Å²) < 4.78 is 0. The second-order valence-electron chi connectivity index (χ2n) is 5.11. The molecule has 0 spiro atoms. The molecule has 1 saturated heterocycles. The van der Waals surface area contributed by atoms with Crippen molar-refractivity contribution in [1.29, 1.82) is 0 Å². The van der Waals surface area contributed by atoms with Crippen molar-refractivity contribution < 1.29 is 0 Å². The predicted molar refractivity (Wildman–Crippen MR) is 64.9 cm³/mol. The molecule has 1 saturated carbocycles. The number of hydrogen-bond acceptors (Lipinski definition) is 1. The molecule has 1 aliphatic heterocycles. The highest BCUT2D eigenvalue weighted by atomic mass is 79.9. The first-order valence-electron chi connectivity index (χ1n) is 6.12. The summed E-state index contributed by atoms with van der Waals surface area (Å²) in [6.45, 7) is 6.38. The van der Waals surface area contributed by atoms with Crippen LogP contribution in [-0.4, -0.2) is 29.4 Å². The molecule has 82 valence electrons. The fraction of sp³-hybridized carbons (Fsp3) is 1.00. The lowest BCUT2D eigenvalue weighted by Gasteiger charge is -2.37. The molecule has 1 heterocycles. The maximum Gasteiger partial charge on any atom is 0.0146 e. The van der Waals surface area contributed by atoms with Crippen LogP contribution >= 0.6 is 15.9 Å². The second kappa shape index (κ2) is 4.98. The van der Waals surface area contributed by atoms with E-state index in [1.165, 1.54) is 51.7 Å². The first kappa shape index (κ1) is 10.9. The summed E-state index contributed by atoms with van der Waals surface area (Å²) in [6, 6.07) is 0. The van der Waals surface area contributed by atoms with Gasteiger partial charge in [-0.05, 0) is 50.6 Å². The lowest BCUT2D eigenvalue weighted by Crippen LogP contribution is -2.40. The zero-order chi connectivity index (χ0) is 9.97. The third-order valence-corrected chi connectivity index (χ3v) is 4.77. The van der Waals surface area contributed by atoms with E-state index in [-0.39, 0.29) is 0 Å². The largest absolute Gasteiger partial charge is 0.303 e. The summed E-state index contributed by atoms with van der Waals surface area (Å²) in [4.78, 5) is 3.41. The van der Waals surface area contributed by atoms with E-state index < -0.39 is 0 Å². The van der Waals surface area contributed by atoms with E-state index in [0.717, 1.165) is 11.8 Å². The molecule has 0 radical (unpaired) electrons. The molecule has 2 aliphatic rings. The number of nitrogens with zero attached hydrogens (tertiary/aromatic N) is 1. The smallest absolute Gasteiger partial charge is 0.0146 e. The summed E-state index contributed by atoms with van der Waals surface area (Å²) in [5.74, 6) is 1.97. The molecule has 1 atom stereocenters. The topological polar surface area (TPSA) is 3.24 Å². The van der Waals surface area contributed by atoms with Gasteiger partial charge in [-0.3, -0.25) is 0 Å². The summed E-state index contributed by atoms with van der Waals surface area (Å²) in [5, 5.41) is 0. The average molecular weight is 260 g/mol. The van der Waals surface area contributed by atoms with E-state index in [9.17, 15) is 0 Å². The van der Waals surface area contributed by atoms with E-state index in [2.05, 4.69) is 27.8 Å². The minimum absolute atomic E-state index is 0.716. The molecule has 1 aliphatic carbocycles. The number of hydrogen-bond donors (Lipinski definition) is 0. The number of rotatable bonds is 3. The molecular formula is C12H22BrN. The van der Waals surface area contributed by atoms with E-state index in [0.29, 0.717) is 4.83 Å². The van der Waals surface area contributed by atoms with Crippen molar-refractivity contribution in [3.05, 3.63) is 0 Å². The van der Waals surface area contributed by atoms with Gasteiger partial charge in [-0.2, -0.15) is 0 Å². The van der Waals surface area contributed by atoms with Crippen LogP contribution in [0.5, 0.6) is 0 Å². The number of piperidine rings is 1. The van der Waals surface area contributed by atoms with Crippen LogP contribution in [-0.2, 0) is 0 Å². The Bertz CT molecular complexity index is 169. The fourth-order valence-electron chi connectivity index (χ4n) is 2.64. The molecule has 0 bridgehead atoms. The second-order valence-corrected chi connectivity index (χ2v) is 6.56. The van der Waals surface area contributed by atoms with Crippen molar-refractivity contribution in [2.45, 2.75) is 43.9 Å². The molecule has 1 unspecified atom stereocenters. The van der Waals surface area contributed by atoms with Gasteiger partial charge in [0, 0.05) is 11.4 Å². The molecule has 0 aromatic carbocycles. The predicted octanol–water partition coefficient (Wildman–Crippen LogP) is 3.28. The molecule has 0 aromatic heterocycles. The first-order valence-corrected chi connectivity index (χ1v) is 7.03. The first-order chi connectivity index (χ1) is 6.75. The van der Waals surface area contributed by atoms with Crippen LogP contribution in [0.1, 0.15) is 39.0 Å². The lowest BCUT2D eigenvalue weighted by atomic mass is 9.84. The summed E-state index contributed by atoms with van der Waals surface area (Å²) in [7, 11) is 0. The lowest BCUT2D eigenvalue weighted by molar-refractivity contribution is 0.132. The number of likely N-dealkylation sites (tertiary alicyclic amines) is 1. The van der Waals surface area contributed by atoms with E-state index in [4.69, 9.17) is 0 Å².